The number of aromatic nitrogens is 2. The molecule has 1 saturated heterocycles. The maximum Gasteiger partial charge on any atom is 0.481 e. The summed E-state index contributed by atoms with van der Waals surface area (Å²) in [7, 11) is -4.95. The third kappa shape index (κ3) is 3.40. The standard InChI is InChI=1S/C9H13N4O9P/c10-1-5(12-9(18)13-6(1)16)11-7-3(15)2(14)4(22-7)8(17)23(19,20)21/h2-4,7,14-15,19-21H,10H2,(H2-,11,12,13,16,18)/p+1/t2-,3+,4-,7?/m0/s1. The van der Waals surface area contributed by atoms with Crippen molar-refractivity contribution in [2.24, 2.45) is 0 Å². The Morgan fingerprint density at radius 2 is 1.78 bits per heavy atom. The Morgan fingerprint density at radius 3 is 2.35 bits per heavy atom. The van der Waals surface area contributed by atoms with Gasteiger partial charge < -0.3 is 26.0 Å². The molecule has 10 N–H and O–H groups in total. The second-order valence-electron chi connectivity index (χ2n) is 4.71. The number of aliphatic hydroxyl groups is 2. The summed E-state index contributed by atoms with van der Waals surface area (Å²) in [6.45, 7) is 0. The van der Waals surface area contributed by atoms with Crippen LogP contribution in [0.4, 0.5) is 11.5 Å². The molecule has 2 heterocycles. The van der Waals surface area contributed by atoms with Crippen LogP contribution in [0.5, 0.6) is 0 Å². The van der Waals surface area contributed by atoms with Crippen molar-refractivity contribution in [3.8, 4) is 0 Å². The largest absolute Gasteiger partial charge is 0.481 e. The van der Waals surface area contributed by atoms with Gasteiger partial charge in [0.15, 0.2) is 12.3 Å². The fourth-order valence-corrected chi connectivity index (χ4v) is 2.48. The first-order valence-electron chi connectivity index (χ1n) is 6.04. The number of hydrogen-bond acceptors (Lipinski definition) is 11. The van der Waals surface area contributed by atoms with Gasteiger partial charge in [-0.1, -0.05) is 0 Å². The van der Waals surface area contributed by atoms with E-state index in [-0.39, 0.29) is 5.82 Å². The number of anilines is 2. The molecule has 1 fully saturated rings. The number of nitrogens with two attached hydrogens (primary N) is 1. The summed E-state index contributed by atoms with van der Waals surface area (Å²) in [6.07, 6.45) is -7.14. The molecule has 0 aliphatic carbocycles. The van der Waals surface area contributed by atoms with E-state index in [1.165, 1.54) is 0 Å². The minimum atomic E-state index is -4.95. The van der Waals surface area contributed by atoms with E-state index >= 15 is 0 Å². The number of carbonyl (C=O) groups excluding carboxylic acids is 1. The molecule has 1 aromatic heterocycles. The zero-order valence-corrected chi connectivity index (χ0v) is 12.1. The number of aromatic amines is 2. The highest BCUT2D eigenvalue weighted by Crippen LogP contribution is 2.48. The van der Waals surface area contributed by atoms with Crippen molar-refractivity contribution in [1.29, 1.82) is 0 Å². The molecule has 4 atom stereocenters. The van der Waals surface area contributed by atoms with Gasteiger partial charge in [-0.2, -0.15) is 14.7 Å². The van der Waals surface area contributed by atoms with Gasteiger partial charge in [0.25, 0.3) is 5.56 Å². The number of ether oxygens (including phenoxy) is 1. The SMILES string of the molecule is Nc1c(NC2O[C@H](C(=O)[P+](O)(O)O)[C@@H](O)[C@H]2O)[nH]c(=O)[nH]c1=O. The van der Waals surface area contributed by atoms with E-state index in [1.807, 2.05) is 4.98 Å². The molecule has 13 nitrogen and oxygen atoms in total. The molecule has 1 aliphatic heterocycles. The fraction of sp³-hybridized carbons (Fsp3) is 0.444. The lowest BCUT2D eigenvalue weighted by Gasteiger charge is -2.17. The highest BCUT2D eigenvalue weighted by Gasteiger charge is 2.57. The Balaban J connectivity index is 2.24. The van der Waals surface area contributed by atoms with Gasteiger partial charge in [-0.05, 0) is 0 Å². The molecule has 1 aliphatic rings. The highest BCUT2D eigenvalue weighted by molar-refractivity contribution is 7.76. The predicted molar refractivity (Wildman–Crippen MR) is 75.0 cm³/mol. The first kappa shape index (κ1) is 17.5. The summed E-state index contributed by atoms with van der Waals surface area (Å²) in [4.78, 5) is 64.7. The average Bonchev–Trinajstić information content (AvgIpc) is 2.70. The summed E-state index contributed by atoms with van der Waals surface area (Å²) < 4.78 is 4.91. The van der Waals surface area contributed by atoms with Crippen molar-refractivity contribution in [2.45, 2.75) is 24.5 Å². The van der Waals surface area contributed by atoms with Crippen LogP contribution in [0.2, 0.25) is 0 Å². The van der Waals surface area contributed by atoms with Crippen LogP contribution in [0, 0.1) is 0 Å². The first-order chi connectivity index (χ1) is 10.5. The Hall–Kier alpha value is -1.86. The third-order valence-corrected chi connectivity index (χ3v) is 3.91. The maximum absolute atomic E-state index is 11.5. The van der Waals surface area contributed by atoms with Crippen LogP contribution in [0.25, 0.3) is 0 Å². The van der Waals surface area contributed by atoms with Gasteiger partial charge in [0, 0.05) is 0 Å². The molecule has 0 aromatic carbocycles. The van der Waals surface area contributed by atoms with Crippen molar-refractivity contribution in [1.82, 2.24) is 9.97 Å². The second-order valence-corrected chi connectivity index (χ2v) is 6.28. The van der Waals surface area contributed by atoms with Crippen LogP contribution in [-0.2, 0) is 9.53 Å². The van der Waals surface area contributed by atoms with Gasteiger partial charge in [-0.15, -0.1) is 0 Å². The Bertz CT molecular complexity index is 725. The van der Waals surface area contributed by atoms with Gasteiger partial charge in [0.2, 0.25) is 0 Å². The molecule has 2 rings (SSSR count). The lowest BCUT2D eigenvalue weighted by Crippen LogP contribution is -2.39. The van der Waals surface area contributed by atoms with Crippen molar-refractivity contribution < 1.29 is 34.4 Å². The number of nitrogen functional groups attached to an aromatic ring is 1. The zero-order chi connectivity index (χ0) is 17.5. The molecule has 0 saturated carbocycles. The summed E-state index contributed by atoms with van der Waals surface area (Å²) in [6, 6.07) is 0. The van der Waals surface area contributed by atoms with Crippen LogP contribution in [-0.4, -0.2) is 64.9 Å². The number of nitrogens with one attached hydrogen (secondary N) is 3. The van der Waals surface area contributed by atoms with Crippen molar-refractivity contribution in [3.05, 3.63) is 20.8 Å². The fourth-order valence-electron chi connectivity index (χ4n) is 1.92. The summed E-state index contributed by atoms with van der Waals surface area (Å²) >= 11 is 0. The Labute approximate surface area is 126 Å². The van der Waals surface area contributed by atoms with E-state index in [9.17, 15) is 24.6 Å². The zero-order valence-electron chi connectivity index (χ0n) is 11.2. The van der Waals surface area contributed by atoms with Crippen LogP contribution in [0.15, 0.2) is 9.59 Å². The van der Waals surface area contributed by atoms with Crippen LogP contribution < -0.4 is 22.3 Å². The topological polar surface area (TPSA) is 231 Å². The predicted octanol–water partition coefficient (Wildman–Crippen LogP) is -4.23. The van der Waals surface area contributed by atoms with Gasteiger partial charge in [0.1, 0.15) is 23.7 Å². The highest BCUT2D eigenvalue weighted by atomic mass is 31.2. The molecule has 1 aromatic rings. The van der Waals surface area contributed by atoms with Crippen molar-refractivity contribution >= 4 is 25.0 Å². The van der Waals surface area contributed by atoms with Crippen LogP contribution in [0.3, 0.4) is 0 Å². The van der Waals surface area contributed by atoms with E-state index < -0.39 is 54.9 Å². The molecule has 0 amide bonds. The lowest BCUT2D eigenvalue weighted by molar-refractivity contribution is -0.127. The Kier molecular flexibility index (Phi) is 4.54. The second kappa shape index (κ2) is 5.98. The number of carbonyl (C=O) groups is 1. The van der Waals surface area contributed by atoms with Gasteiger partial charge in [0.05, 0.1) is 0 Å². The van der Waals surface area contributed by atoms with Crippen molar-refractivity contribution in [3.63, 3.8) is 0 Å². The summed E-state index contributed by atoms with van der Waals surface area (Å²) in [5, 5.41) is 21.8. The number of aliphatic hydroxyl groups excluding tert-OH is 2. The number of rotatable bonds is 4. The molecule has 0 spiro atoms. The van der Waals surface area contributed by atoms with Gasteiger partial charge in [-0.3, -0.25) is 14.8 Å². The molecule has 14 heteroatoms. The normalized spacial score (nSPS) is 27.9. The maximum atomic E-state index is 11.5. The van der Waals surface area contributed by atoms with Gasteiger partial charge in [-0.25, -0.2) is 9.59 Å². The van der Waals surface area contributed by atoms with E-state index in [4.69, 9.17) is 25.2 Å². The lowest BCUT2D eigenvalue weighted by atomic mass is 10.1. The van der Waals surface area contributed by atoms with E-state index in [1.54, 1.807) is 0 Å². The average molecular weight is 353 g/mol. The quantitative estimate of drug-likeness (QED) is 0.235. The number of H-pyrrole nitrogens is 2. The van der Waals surface area contributed by atoms with Crippen LogP contribution >= 0.6 is 7.94 Å². The summed E-state index contributed by atoms with van der Waals surface area (Å²) in [5.41, 5.74) is 1.50. The smallest absolute Gasteiger partial charge is 0.391 e. The molecule has 0 radical (unpaired) electrons. The molecule has 1 unspecified atom stereocenters. The first-order valence-corrected chi connectivity index (χ1v) is 7.69. The molecule has 128 valence electrons. The summed E-state index contributed by atoms with van der Waals surface area (Å²) in [5.74, 6) is -0.346. The van der Waals surface area contributed by atoms with E-state index in [0.29, 0.717) is 0 Å². The van der Waals surface area contributed by atoms with E-state index in [2.05, 4.69) is 10.3 Å². The molecule has 23 heavy (non-hydrogen) atoms. The van der Waals surface area contributed by atoms with Gasteiger partial charge >= 0.3 is 19.2 Å². The molecular formula is C9H14N4O9P+. The minimum absolute atomic E-state index is 0.346. The third-order valence-electron chi connectivity index (χ3n) is 3.07. The number of hydrogen-bond donors (Lipinski definition) is 9. The van der Waals surface area contributed by atoms with Crippen molar-refractivity contribution in [2.75, 3.05) is 11.1 Å². The Morgan fingerprint density at radius 1 is 1.17 bits per heavy atom. The molecule has 0 bridgehead atoms. The minimum Gasteiger partial charge on any atom is -0.391 e. The van der Waals surface area contributed by atoms with Crippen LogP contribution in [0.1, 0.15) is 0 Å². The molecular weight excluding hydrogens is 339 g/mol. The monoisotopic (exact) mass is 353 g/mol. The van der Waals surface area contributed by atoms with E-state index in [0.717, 1.165) is 0 Å².